The van der Waals surface area contributed by atoms with Crippen LogP contribution < -0.4 is 10.0 Å². The Morgan fingerprint density at radius 2 is 1.90 bits per heavy atom. The van der Waals surface area contributed by atoms with E-state index in [1.807, 2.05) is 0 Å². The second-order valence-corrected chi connectivity index (χ2v) is 8.31. The number of hydrogen-bond acceptors (Lipinski definition) is 5. The molecule has 156 valence electrons. The van der Waals surface area contributed by atoms with Crippen molar-refractivity contribution in [3.05, 3.63) is 58.4 Å². The van der Waals surface area contributed by atoms with Crippen molar-refractivity contribution in [3.63, 3.8) is 0 Å². The highest BCUT2D eigenvalue weighted by molar-refractivity contribution is 7.89. The third-order valence-corrected chi connectivity index (χ3v) is 5.77. The summed E-state index contributed by atoms with van der Waals surface area (Å²) in [7, 11) is -3.76. The molecule has 0 radical (unpaired) electrons. The monoisotopic (exact) mass is 442 g/mol. The number of benzene rings is 2. The highest BCUT2D eigenvalue weighted by atomic mass is 35.5. The molecule has 0 bridgehead atoms. The number of hydrogen-bond donors (Lipinski definition) is 2. The van der Waals surface area contributed by atoms with Crippen LogP contribution >= 0.6 is 11.6 Å². The fraction of sp³-hybridized carbons (Fsp3) is 0.263. The predicted molar refractivity (Wildman–Crippen MR) is 107 cm³/mol. The van der Waals surface area contributed by atoms with Crippen LogP contribution in [0.3, 0.4) is 0 Å². The second-order valence-electron chi connectivity index (χ2n) is 6.14. The van der Waals surface area contributed by atoms with Gasteiger partial charge in [-0.05, 0) is 49.7 Å². The predicted octanol–water partition coefficient (Wildman–Crippen LogP) is 3.27. The highest BCUT2D eigenvalue weighted by Gasteiger charge is 2.23. The molecule has 2 N–H and O–H groups in total. The molecule has 2 aromatic carbocycles. The summed E-state index contributed by atoms with van der Waals surface area (Å²) in [6, 6.07) is 7.48. The number of anilines is 1. The Balaban J connectivity index is 2.15. The molecule has 1 atom stereocenters. The molecule has 0 fully saturated rings. The Kier molecular flexibility index (Phi) is 7.34. The summed E-state index contributed by atoms with van der Waals surface area (Å²) < 4.78 is 44.9. The summed E-state index contributed by atoms with van der Waals surface area (Å²) in [5, 5.41) is 2.43. The SMILES string of the molecule is CCNS(=O)(=O)c1ccc(C)c(C(=O)OC(C)C(=O)Nc2ccc(F)cc2Cl)c1. The van der Waals surface area contributed by atoms with Crippen molar-refractivity contribution in [2.24, 2.45) is 0 Å². The van der Waals surface area contributed by atoms with Crippen LogP contribution in [0.1, 0.15) is 29.8 Å². The maximum Gasteiger partial charge on any atom is 0.339 e. The topological polar surface area (TPSA) is 102 Å². The molecule has 0 saturated carbocycles. The van der Waals surface area contributed by atoms with Crippen LogP contribution in [0.4, 0.5) is 10.1 Å². The smallest absolute Gasteiger partial charge is 0.339 e. The normalized spacial score (nSPS) is 12.3. The molecule has 2 rings (SSSR count). The minimum Gasteiger partial charge on any atom is -0.449 e. The summed E-state index contributed by atoms with van der Waals surface area (Å²) in [4.78, 5) is 24.7. The van der Waals surface area contributed by atoms with Gasteiger partial charge in [0.1, 0.15) is 5.82 Å². The Hall–Kier alpha value is -2.49. The van der Waals surface area contributed by atoms with E-state index < -0.39 is 33.8 Å². The van der Waals surface area contributed by atoms with Crippen LogP contribution in [0.15, 0.2) is 41.3 Å². The van der Waals surface area contributed by atoms with E-state index in [0.29, 0.717) is 5.56 Å². The number of halogens is 2. The Morgan fingerprint density at radius 1 is 1.21 bits per heavy atom. The van der Waals surface area contributed by atoms with Gasteiger partial charge in [0.25, 0.3) is 5.91 Å². The van der Waals surface area contributed by atoms with Gasteiger partial charge >= 0.3 is 5.97 Å². The summed E-state index contributed by atoms with van der Waals surface area (Å²) >= 11 is 5.86. The van der Waals surface area contributed by atoms with Gasteiger partial charge in [-0.1, -0.05) is 24.6 Å². The van der Waals surface area contributed by atoms with Gasteiger partial charge in [-0.2, -0.15) is 0 Å². The summed E-state index contributed by atoms with van der Waals surface area (Å²) in [6.07, 6.45) is -1.21. The van der Waals surface area contributed by atoms with Crippen molar-refractivity contribution in [2.75, 3.05) is 11.9 Å². The zero-order valence-corrected chi connectivity index (χ0v) is 17.5. The number of carbonyl (C=O) groups is 2. The van der Waals surface area contributed by atoms with Crippen LogP contribution in [0.25, 0.3) is 0 Å². The second kappa shape index (κ2) is 9.34. The van der Waals surface area contributed by atoms with Gasteiger partial charge in [0.15, 0.2) is 6.10 Å². The van der Waals surface area contributed by atoms with Gasteiger partial charge in [0.05, 0.1) is 21.2 Å². The molecule has 0 heterocycles. The minimum atomic E-state index is -3.76. The van der Waals surface area contributed by atoms with Crippen molar-refractivity contribution >= 4 is 39.2 Å². The van der Waals surface area contributed by atoms with Gasteiger partial charge < -0.3 is 10.1 Å². The molecule has 2 aromatic rings. The van der Waals surface area contributed by atoms with Crippen molar-refractivity contribution < 1.29 is 27.1 Å². The van der Waals surface area contributed by atoms with Crippen LogP contribution in [-0.4, -0.2) is 32.9 Å². The van der Waals surface area contributed by atoms with Gasteiger partial charge in [0.2, 0.25) is 10.0 Å². The van der Waals surface area contributed by atoms with Crippen LogP contribution in [0.2, 0.25) is 5.02 Å². The first-order valence-corrected chi connectivity index (χ1v) is 10.5. The van der Waals surface area contributed by atoms with E-state index in [9.17, 15) is 22.4 Å². The Labute approximate surface area is 173 Å². The van der Waals surface area contributed by atoms with Crippen molar-refractivity contribution in [1.82, 2.24) is 4.72 Å². The first kappa shape index (κ1) is 22.8. The van der Waals surface area contributed by atoms with E-state index in [1.54, 1.807) is 13.8 Å². The molecule has 10 heteroatoms. The number of amides is 1. The number of sulfonamides is 1. The molecule has 7 nitrogen and oxygen atoms in total. The maximum atomic E-state index is 13.1. The van der Waals surface area contributed by atoms with E-state index in [1.165, 1.54) is 31.2 Å². The largest absolute Gasteiger partial charge is 0.449 e. The van der Waals surface area contributed by atoms with Crippen molar-refractivity contribution in [1.29, 1.82) is 0 Å². The average molecular weight is 443 g/mol. The summed E-state index contributed by atoms with van der Waals surface area (Å²) in [5.41, 5.74) is 0.666. The molecule has 0 aliphatic carbocycles. The van der Waals surface area contributed by atoms with Gasteiger partial charge in [-0.15, -0.1) is 0 Å². The number of rotatable bonds is 7. The standard InChI is InChI=1S/C19H20ClFN2O5S/c1-4-22-29(26,27)14-7-5-11(2)15(10-14)19(25)28-12(3)18(24)23-17-8-6-13(21)9-16(17)20/h5-10,12,22H,4H2,1-3H3,(H,23,24). The van der Waals surface area contributed by atoms with Crippen LogP contribution in [0.5, 0.6) is 0 Å². The summed E-state index contributed by atoms with van der Waals surface area (Å²) in [5.74, 6) is -2.10. The molecule has 1 unspecified atom stereocenters. The first-order valence-electron chi connectivity index (χ1n) is 8.62. The van der Waals surface area contributed by atoms with Gasteiger partial charge in [0, 0.05) is 6.54 Å². The van der Waals surface area contributed by atoms with Gasteiger partial charge in [-0.3, -0.25) is 4.79 Å². The maximum absolute atomic E-state index is 13.1. The van der Waals surface area contributed by atoms with Crippen LogP contribution in [0, 0.1) is 12.7 Å². The molecule has 29 heavy (non-hydrogen) atoms. The van der Waals surface area contributed by atoms with Crippen molar-refractivity contribution in [3.8, 4) is 0 Å². The Bertz CT molecular complexity index is 1040. The fourth-order valence-corrected chi connectivity index (χ4v) is 3.65. The van der Waals surface area contributed by atoms with E-state index in [4.69, 9.17) is 16.3 Å². The molecule has 0 aromatic heterocycles. The van der Waals surface area contributed by atoms with E-state index >= 15 is 0 Å². The quantitative estimate of drug-likeness (QED) is 0.641. The Morgan fingerprint density at radius 3 is 2.52 bits per heavy atom. The molecule has 0 aliphatic heterocycles. The molecule has 1 amide bonds. The lowest BCUT2D eigenvalue weighted by Crippen LogP contribution is -2.30. The zero-order chi connectivity index (χ0) is 21.8. The lowest BCUT2D eigenvalue weighted by Gasteiger charge is -2.15. The van der Waals surface area contributed by atoms with Crippen molar-refractivity contribution in [2.45, 2.75) is 31.8 Å². The molecule has 0 aliphatic rings. The highest BCUT2D eigenvalue weighted by Crippen LogP contribution is 2.23. The van der Waals surface area contributed by atoms with E-state index in [2.05, 4.69) is 10.0 Å². The number of aryl methyl sites for hydroxylation is 1. The molecule has 0 spiro atoms. The molecule has 0 saturated heterocycles. The zero-order valence-electron chi connectivity index (χ0n) is 16.0. The molecular formula is C19H20ClFN2O5S. The third-order valence-electron chi connectivity index (χ3n) is 3.92. The minimum absolute atomic E-state index is 0.00551. The number of carbonyl (C=O) groups excluding carboxylic acids is 2. The summed E-state index contributed by atoms with van der Waals surface area (Å²) in [6.45, 7) is 4.79. The first-order chi connectivity index (χ1) is 13.5. The molecular weight excluding hydrogens is 423 g/mol. The fourth-order valence-electron chi connectivity index (χ4n) is 2.36. The van der Waals surface area contributed by atoms with Crippen LogP contribution in [-0.2, 0) is 19.6 Å². The van der Waals surface area contributed by atoms with E-state index in [0.717, 1.165) is 12.1 Å². The van der Waals surface area contributed by atoms with Gasteiger partial charge in [-0.25, -0.2) is 22.3 Å². The number of ether oxygens (including phenoxy) is 1. The average Bonchev–Trinajstić information content (AvgIpc) is 2.63. The number of esters is 1. The number of nitrogens with one attached hydrogen (secondary N) is 2. The lowest BCUT2D eigenvalue weighted by molar-refractivity contribution is -0.123. The lowest BCUT2D eigenvalue weighted by atomic mass is 10.1. The van der Waals surface area contributed by atoms with E-state index in [-0.39, 0.29) is 27.7 Å². The third kappa shape index (κ3) is 5.75.